The van der Waals surface area contributed by atoms with E-state index in [2.05, 4.69) is 49.8 Å². The second kappa shape index (κ2) is 5.66. The molecule has 0 aliphatic rings. The molecule has 1 rings (SSSR count). The van der Waals surface area contributed by atoms with Gasteiger partial charge in [-0.15, -0.1) is 0 Å². The third kappa shape index (κ3) is 4.80. The van der Waals surface area contributed by atoms with Gasteiger partial charge in [-0.3, -0.25) is 0 Å². The molecule has 0 fully saturated rings. The number of hydrogen-bond donors (Lipinski definition) is 1. The van der Waals surface area contributed by atoms with Crippen LogP contribution in [0.3, 0.4) is 0 Å². The van der Waals surface area contributed by atoms with Crippen molar-refractivity contribution in [3.63, 3.8) is 0 Å². The Hall–Kier alpha value is -0.340. The lowest BCUT2D eigenvalue weighted by atomic mass is 9.81. The molecule has 1 nitrogen and oxygen atoms in total. The molecular weight excluding hydrogens is 202 g/mol. The molecular formula is C13H23NS. The van der Waals surface area contributed by atoms with Gasteiger partial charge in [-0.05, 0) is 54.1 Å². The van der Waals surface area contributed by atoms with E-state index in [-0.39, 0.29) is 0 Å². The minimum Gasteiger partial charge on any atom is -0.315 e. The van der Waals surface area contributed by atoms with Crippen molar-refractivity contribution >= 4 is 11.3 Å². The van der Waals surface area contributed by atoms with Gasteiger partial charge < -0.3 is 5.32 Å². The molecule has 0 saturated heterocycles. The summed E-state index contributed by atoms with van der Waals surface area (Å²) < 4.78 is 0. The third-order valence-corrected chi connectivity index (χ3v) is 3.41. The molecule has 15 heavy (non-hydrogen) atoms. The Morgan fingerprint density at radius 2 is 2.20 bits per heavy atom. The smallest absolute Gasteiger partial charge is 0.00438 e. The molecule has 1 heterocycles. The maximum Gasteiger partial charge on any atom is 0.00438 e. The molecule has 0 radical (unpaired) electrons. The van der Waals surface area contributed by atoms with Crippen LogP contribution in [0.2, 0.25) is 0 Å². The fourth-order valence-electron chi connectivity index (χ4n) is 2.27. The maximum absolute atomic E-state index is 3.48. The molecule has 0 bridgehead atoms. The number of hydrogen-bond acceptors (Lipinski definition) is 2. The summed E-state index contributed by atoms with van der Waals surface area (Å²) in [6, 6.07) is 2.85. The van der Waals surface area contributed by atoms with Crippen LogP contribution in [-0.4, -0.2) is 12.6 Å². The van der Waals surface area contributed by atoms with Gasteiger partial charge in [-0.25, -0.2) is 0 Å². The Morgan fingerprint density at radius 1 is 1.47 bits per heavy atom. The van der Waals surface area contributed by atoms with Crippen molar-refractivity contribution in [1.29, 1.82) is 0 Å². The first-order valence-electron chi connectivity index (χ1n) is 5.78. The quantitative estimate of drug-likeness (QED) is 0.778. The van der Waals surface area contributed by atoms with Gasteiger partial charge in [0.05, 0.1) is 0 Å². The predicted octanol–water partition coefficient (Wildman–Crippen LogP) is 3.70. The monoisotopic (exact) mass is 225 g/mol. The Kier molecular flexibility index (Phi) is 4.81. The maximum atomic E-state index is 3.48. The van der Waals surface area contributed by atoms with Crippen molar-refractivity contribution in [2.24, 2.45) is 5.41 Å². The lowest BCUT2D eigenvalue weighted by Crippen LogP contribution is -2.31. The van der Waals surface area contributed by atoms with E-state index >= 15 is 0 Å². The molecule has 0 aliphatic carbocycles. The summed E-state index contributed by atoms with van der Waals surface area (Å²) in [6.45, 7) is 10.2. The van der Waals surface area contributed by atoms with E-state index in [1.54, 1.807) is 11.3 Å². The van der Waals surface area contributed by atoms with Crippen LogP contribution in [-0.2, 0) is 6.42 Å². The topological polar surface area (TPSA) is 12.0 Å². The highest BCUT2D eigenvalue weighted by Crippen LogP contribution is 2.28. The van der Waals surface area contributed by atoms with Crippen molar-refractivity contribution in [3.8, 4) is 0 Å². The zero-order valence-electron chi connectivity index (χ0n) is 10.3. The van der Waals surface area contributed by atoms with Crippen molar-refractivity contribution in [2.75, 3.05) is 6.54 Å². The highest BCUT2D eigenvalue weighted by Gasteiger charge is 2.21. The lowest BCUT2D eigenvalue weighted by Gasteiger charge is -2.28. The van der Waals surface area contributed by atoms with Gasteiger partial charge in [-0.2, -0.15) is 11.3 Å². The fourth-order valence-corrected chi connectivity index (χ4v) is 2.94. The average Bonchev–Trinajstić information content (AvgIpc) is 2.54. The number of nitrogens with one attached hydrogen (secondary N) is 1. The molecule has 0 aromatic carbocycles. The van der Waals surface area contributed by atoms with E-state index < -0.39 is 0 Å². The molecule has 86 valence electrons. The molecule has 1 aromatic heterocycles. The fraction of sp³-hybridized carbons (Fsp3) is 0.692. The van der Waals surface area contributed by atoms with Crippen molar-refractivity contribution in [3.05, 3.63) is 22.4 Å². The molecule has 1 atom stereocenters. The summed E-state index contributed by atoms with van der Waals surface area (Å²) in [6.07, 6.45) is 2.42. The Balaban J connectivity index is 2.44. The van der Waals surface area contributed by atoms with Gasteiger partial charge in [0.1, 0.15) is 0 Å². The highest BCUT2D eigenvalue weighted by molar-refractivity contribution is 7.07. The minimum absolute atomic E-state index is 0.392. The van der Waals surface area contributed by atoms with Gasteiger partial charge in [-0.1, -0.05) is 20.8 Å². The Labute approximate surface area is 97.9 Å². The van der Waals surface area contributed by atoms with Gasteiger partial charge in [0.2, 0.25) is 0 Å². The molecule has 0 spiro atoms. The summed E-state index contributed by atoms with van der Waals surface area (Å²) in [5.41, 5.74) is 1.87. The zero-order valence-corrected chi connectivity index (χ0v) is 11.2. The van der Waals surface area contributed by atoms with E-state index in [9.17, 15) is 0 Å². The Bertz CT molecular complexity index is 264. The van der Waals surface area contributed by atoms with Crippen LogP contribution in [0.25, 0.3) is 0 Å². The predicted molar refractivity (Wildman–Crippen MR) is 69.6 cm³/mol. The summed E-state index contributed by atoms with van der Waals surface area (Å²) in [5.74, 6) is 0. The van der Waals surface area contributed by atoms with Crippen LogP contribution >= 0.6 is 11.3 Å². The van der Waals surface area contributed by atoms with Crippen molar-refractivity contribution in [1.82, 2.24) is 5.32 Å². The molecule has 1 N–H and O–H groups in total. The largest absolute Gasteiger partial charge is 0.315 e. The molecule has 0 amide bonds. The van der Waals surface area contributed by atoms with Crippen LogP contribution in [0.4, 0.5) is 0 Å². The van der Waals surface area contributed by atoms with Gasteiger partial charge >= 0.3 is 0 Å². The van der Waals surface area contributed by atoms with Crippen LogP contribution in [0.15, 0.2) is 16.8 Å². The molecule has 2 heteroatoms. The minimum atomic E-state index is 0.392. The van der Waals surface area contributed by atoms with Crippen LogP contribution in [0.1, 0.15) is 39.7 Å². The van der Waals surface area contributed by atoms with Gasteiger partial charge in [0.15, 0.2) is 0 Å². The van der Waals surface area contributed by atoms with E-state index in [1.165, 1.54) is 18.4 Å². The van der Waals surface area contributed by atoms with Crippen molar-refractivity contribution in [2.45, 2.75) is 46.6 Å². The van der Waals surface area contributed by atoms with E-state index in [4.69, 9.17) is 0 Å². The third-order valence-electron chi connectivity index (χ3n) is 2.67. The average molecular weight is 225 g/mol. The summed E-state index contributed by atoms with van der Waals surface area (Å²) in [7, 11) is 0. The molecule has 0 aliphatic heterocycles. The number of rotatable bonds is 6. The second-order valence-corrected chi connectivity index (χ2v) is 5.92. The first-order chi connectivity index (χ1) is 7.03. The van der Waals surface area contributed by atoms with Gasteiger partial charge in [0.25, 0.3) is 0 Å². The van der Waals surface area contributed by atoms with Crippen LogP contribution in [0, 0.1) is 5.41 Å². The molecule has 1 aromatic rings. The standard InChI is InChI=1S/C13H23NS/c1-5-14-11(2)8-13(3,4)9-12-6-7-15-10-12/h6-7,10-11,14H,5,8-9H2,1-4H3. The van der Waals surface area contributed by atoms with E-state index in [0.717, 1.165) is 6.54 Å². The van der Waals surface area contributed by atoms with Crippen molar-refractivity contribution < 1.29 is 0 Å². The highest BCUT2D eigenvalue weighted by atomic mass is 32.1. The van der Waals surface area contributed by atoms with Crippen LogP contribution < -0.4 is 5.32 Å². The normalized spacial score (nSPS) is 14.1. The first-order valence-corrected chi connectivity index (χ1v) is 6.72. The molecule has 1 unspecified atom stereocenters. The summed E-state index contributed by atoms with van der Waals surface area (Å²) in [4.78, 5) is 0. The summed E-state index contributed by atoms with van der Waals surface area (Å²) in [5, 5.41) is 7.91. The first kappa shape index (κ1) is 12.7. The van der Waals surface area contributed by atoms with E-state index in [1.807, 2.05) is 0 Å². The second-order valence-electron chi connectivity index (χ2n) is 5.14. The SMILES string of the molecule is CCNC(C)CC(C)(C)Cc1ccsc1. The summed E-state index contributed by atoms with van der Waals surface area (Å²) >= 11 is 1.79. The van der Waals surface area contributed by atoms with Crippen LogP contribution in [0.5, 0.6) is 0 Å². The number of thiophene rings is 1. The Morgan fingerprint density at radius 3 is 2.73 bits per heavy atom. The lowest BCUT2D eigenvalue weighted by molar-refractivity contribution is 0.289. The zero-order chi connectivity index (χ0) is 11.3. The molecule has 0 saturated carbocycles. The van der Waals surface area contributed by atoms with Gasteiger partial charge in [0, 0.05) is 6.04 Å². The van der Waals surface area contributed by atoms with E-state index in [0.29, 0.717) is 11.5 Å².